The van der Waals surface area contributed by atoms with Crippen LogP contribution in [0.3, 0.4) is 0 Å². The Balaban J connectivity index is 2.20. The van der Waals surface area contributed by atoms with Gasteiger partial charge in [-0.2, -0.15) is 0 Å². The summed E-state index contributed by atoms with van der Waals surface area (Å²) in [6.07, 6.45) is 2.54. The van der Waals surface area contributed by atoms with Gasteiger partial charge in [0.2, 0.25) is 5.91 Å². The number of hydrogen-bond acceptors (Lipinski definition) is 4. The second kappa shape index (κ2) is 8.01. The first-order chi connectivity index (χ1) is 9.38. The second-order valence-electron chi connectivity index (χ2n) is 4.89. The molecule has 3 N–H and O–H groups in total. The summed E-state index contributed by atoms with van der Waals surface area (Å²) in [5.41, 5.74) is 7.01. The number of benzene rings is 1. The van der Waals surface area contributed by atoms with Gasteiger partial charge in [0.15, 0.2) is 0 Å². The second-order valence-corrected chi connectivity index (χ2v) is 7.15. The molecule has 5 nitrogen and oxygen atoms in total. The Labute approximate surface area is 120 Å². The van der Waals surface area contributed by atoms with Crippen molar-refractivity contribution in [2.75, 3.05) is 18.6 Å². The minimum absolute atomic E-state index is 0.0927. The summed E-state index contributed by atoms with van der Waals surface area (Å²) in [6, 6.07) is 9.48. The zero-order valence-electron chi connectivity index (χ0n) is 11.7. The topological polar surface area (TPSA) is 89.3 Å². The Kier molecular flexibility index (Phi) is 6.67. The predicted octanol–water partition coefficient (Wildman–Crippen LogP) is 1.02. The summed E-state index contributed by atoms with van der Waals surface area (Å²) in [5.74, 6) is 0.00136. The van der Waals surface area contributed by atoms with Crippen LogP contribution in [0.25, 0.3) is 0 Å². The van der Waals surface area contributed by atoms with Gasteiger partial charge in [0.05, 0.1) is 5.75 Å². The van der Waals surface area contributed by atoms with Gasteiger partial charge in [-0.25, -0.2) is 8.42 Å². The summed E-state index contributed by atoms with van der Waals surface area (Å²) >= 11 is 0. The molecule has 0 bridgehead atoms. The van der Waals surface area contributed by atoms with Crippen molar-refractivity contribution in [3.05, 3.63) is 35.9 Å². The zero-order valence-corrected chi connectivity index (χ0v) is 12.5. The van der Waals surface area contributed by atoms with Gasteiger partial charge in [-0.3, -0.25) is 4.79 Å². The smallest absolute Gasteiger partial charge is 0.220 e. The number of carbonyl (C=O) groups excluding carboxylic acids is 1. The summed E-state index contributed by atoms with van der Waals surface area (Å²) in [6.45, 7) is 0.381. The molecule has 0 aromatic heterocycles. The molecule has 0 aliphatic heterocycles. The highest BCUT2D eigenvalue weighted by atomic mass is 32.2. The molecule has 0 heterocycles. The van der Waals surface area contributed by atoms with Gasteiger partial charge in [0.1, 0.15) is 9.84 Å². The number of amides is 1. The van der Waals surface area contributed by atoms with Crippen LogP contribution in [0.4, 0.5) is 0 Å². The van der Waals surface area contributed by atoms with Crippen molar-refractivity contribution in [2.45, 2.75) is 25.3 Å². The summed E-state index contributed by atoms with van der Waals surface area (Å²) in [4.78, 5) is 11.6. The van der Waals surface area contributed by atoms with Crippen LogP contribution in [0.1, 0.15) is 30.9 Å². The quantitative estimate of drug-likeness (QED) is 0.701. The maximum Gasteiger partial charge on any atom is 0.220 e. The Morgan fingerprint density at radius 2 is 1.95 bits per heavy atom. The van der Waals surface area contributed by atoms with Gasteiger partial charge in [-0.05, 0) is 18.4 Å². The average molecular weight is 298 g/mol. The molecule has 0 aliphatic rings. The minimum atomic E-state index is -2.96. The lowest BCUT2D eigenvalue weighted by molar-refractivity contribution is -0.121. The fourth-order valence-corrected chi connectivity index (χ4v) is 2.47. The third-order valence-corrected chi connectivity index (χ3v) is 3.95. The van der Waals surface area contributed by atoms with Crippen LogP contribution >= 0.6 is 0 Å². The molecular formula is C14H22N2O3S. The SMILES string of the molecule is CS(=O)(=O)CCCNC(=O)CCC(N)c1ccccc1. The fraction of sp³-hybridized carbons (Fsp3) is 0.500. The van der Waals surface area contributed by atoms with Crippen LogP contribution in [0.15, 0.2) is 30.3 Å². The number of nitrogens with one attached hydrogen (secondary N) is 1. The normalized spacial score (nSPS) is 12.9. The number of hydrogen-bond donors (Lipinski definition) is 2. The molecule has 0 aliphatic carbocycles. The van der Waals surface area contributed by atoms with E-state index in [9.17, 15) is 13.2 Å². The molecule has 0 spiro atoms. The van der Waals surface area contributed by atoms with Crippen molar-refractivity contribution < 1.29 is 13.2 Å². The lowest BCUT2D eigenvalue weighted by Crippen LogP contribution is -2.26. The number of nitrogens with two attached hydrogens (primary N) is 1. The van der Waals surface area contributed by atoms with E-state index in [4.69, 9.17) is 5.73 Å². The molecule has 0 saturated heterocycles. The van der Waals surface area contributed by atoms with E-state index in [1.807, 2.05) is 30.3 Å². The maximum atomic E-state index is 11.6. The standard InChI is InChI=1S/C14H22N2O3S/c1-20(18,19)11-5-10-16-14(17)9-8-13(15)12-6-3-2-4-7-12/h2-4,6-7,13H,5,8-11,15H2,1H3,(H,16,17). The average Bonchev–Trinajstić information content (AvgIpc) is 2.41. The molecule has 6 heteroatoms. The van der Waals surface area contributed by atoms with E-state index in [2.05, 4.69) is 5.32 Å². The van der Waals surface area contributed by atoms with Crippen molar-refractivity contribution >= 4 is 15.7 Å². The summed E-state index contributed by atoms with van der Waals surface area (Å²) in [7, 11) is -2.96. The van der Waals surface area contributed by atoms with E-state index in [1.54, 1.807) is 0 Å². The Morgan fingerprint density at radius 3 is 2.55 bits per heavy atom. The third-order valence-electron chi connectivity index (χ3n) is 2.92. The zero-order chi connectivity index (χ0) is 15.0. The number of sulfone groups is 1. The van der Waals surface area contributed by atoms with Crippen molar-refractivity contribution in [1.82, 2.24) is 5.32 Å². The summed E-state index contributed by atoms with van der Waals surface area (Å²) in [5, 5.41) is 2.70. The van der Waals surface area contributed by atoms with Crippen molar-refractivity contribution in [3.8, 4) is 0 Å². The summed E-state index contributed by atoms with van der Waals surface area (Å²) < 4.78 is 21.8. The Bertz CT molecular complexity index is 514. The van der Waals surface area contributed by atoms with Crippen molar-refractivity contribution in [3.63, 3.8) is 0 Å². The van der Waals surface area contributed by atoms with Gasteiger partial charge in [-0.15, -0.1) is 0 Å². The van der Waals surface area contributed by atoms with E-state index in [-0.39, 0.29) is 17.7 Å². The molecule has 20 heavy (non-hydrogen) atoms. The lowest BCUT2D eigenvalue weighted by atomic mass is 10.0. The van der Waals surface area contributed by atoms with E-state index < -0.39 is 9.84 Å². The maximum absolute atomic E-state index is 11.6. The molecule has 1 unspecified atom stereocenters. The molecule has 1 aromatic carbocycles. The molecule has 1 aromatic rings. The van der Waals surface area contributed by atoms with Crippen molar-refractivity contribution in [2.24, 2.45) is 5.73 Å². The molecule has 0 fully saturated rings. The number of rotatable bonds is 8. The first-order valence-corrected chi connectivity index (χ1v) is 8.69. The molecule has 1 amide bonds. The predicted molar refractivity (Wildman–Crippen MR) is 79.9 cm³/mol. The van der Waals surface area contributed by atoms with Gasteiger partial charge < -0.3 is 11.1 Å². The molecule has 0 radical (unpaired) electrons. The molecule has 1 rings (SSSR count). The van der Waals surface area contributed by atoms with Crippen LogP contribution in [-0.4, -0.2) is 32.9 Å². The van der Waals surface area contributed by atoms with Crippen LogP contribution < -0.4 is 11.1 Å². The van der Waals surface area contributed by atoms with Crippen LogP contribution in [0.5, 0.6) is 0 Å². The Hall–Kier alpha value is -1.40. The van der Waals surface area contributed by atoms with Crippen LogP contribution in [-0.2, 0) is 14.6 Å². The molecule has 0 saturated carbocycles. The highest BCUT2D eigenvalue weighted by Gasteiger charge is 2.09. The first kappa shape index (κ1) is 16.7. The number of carbonyl (C=O) groups is 1. The van der Waals surface area contributed by atoms with Gasteiger partial charge in [0.25, 0.3) is 0 Å². The van der Waals surface area contributed by atoms with Crippen LogP contribution in [0, 0.1) is 0 Å². The monoisotopic (exact) mass is 298 g/mol. The fourth-order valence-electron chi connectivity index (χ4n) is 1.80. The van der Waals surface area contributed by atoms with E-state index in [0.717, 1.165) is 5.56 Å². The first-order valence-electron chi connectivity index (χ1n) is 6.63. The van der Waals surface area contributed by atoms with Gasteiger partial charge >= 0.3 is 0 Å². The lowest BCUT2D eigenvalue weighted by Gasteiger charge is -2.11. The minimum Gasteiger partial charge on any atom is -0.356 e. The Morgan fingerprint density at radius 1 is 1.30 bits per heavy atom. The highest BCUT2D eigenvalue weighted by Crippen LogP contribution is 2.14. The third kappa shape index (κ3) is 7.25. The highest BCUT2D eigenvalue weighted by molar-refractivity contribution is 7.90. The van der Waals surface area contributed by atoms with Crippen LogP contribution in [0.2, 0.25) is 0 Å². The largest absolute Gasteiger partial charge is 0.356 e. The molecule has 1 atom stereocenters. The van der Waals surface area contributed by atoms with Gasteiger partial charge in [0, 0.05) is 25.3 Å². The van der Waals surface area contributed by atoms with Gasteiger partial charge in [-0.1, -0.05) is 30.3 Å². The van der Waals surface area contributed by atoms with E-state index >= 15 is 0 Å². The van der Waals surface area contributed by atoms with E-state index in [0.29, 0.717) is 25.8 Å². The molecular weight excluding hydrogens is 276 g/mol. The molecule has 112 valence electrons. The van der Waals surface area contributed by atoms with E-state index in [1.165, 1.54) is 6.26 Å². The van der Waals surface area contributed by atoms with Crippen molar-refractivity contribution in [1.29, 1.82) is 0 Å².